The average molecular weight is 489 g/mol. The fourth-order valence-electron chi connectivity index (χ4n) is 2.97. The molecule has 0 radical (unpaired) electrons. The highest BCUT2D eigenvalue weighted by Gasteiger charge is 2.31. The zero-order chi connectivity index (χ0) is 26.4. The van der Waals surface area contributed by atoms with Gasteiger partial charge in [0, 0.05) is 0 Å². The number of carbonyl (C=O) groups is 6. The Morgan fingerprint density at radius 1 is 0.794 bits per heavy atom. The molecule has 4 amide bonds. The molecule has 14 nitrogen and oxygen atoms in total. The maximum atomic E-state index is 12.8. The molecule has 0 saturated heterocycles. The van der Waals surface area contributed by atoms with Crippen LogP contribution in [-0.4, -0.2) is 76.5 Å². The molecule has 0 bridgehead atoms. The molecule has 34 heavy (non-hydrogen) atoms. The van der Waals surface area contributed by atoms with E-state index < -0.39 is 72.6 Å². The average Bonchev–Trinajstić information content (AvgIpc) is 2.70. The molecule has 0 spiro atoms. The van der Waals surface area contributed by atoms with E-state index in [1.807, 2.05) is 0 Å². The number of hydrogen-bond donors (Lipinski definition) is 8. The second kappa shape index (κ2) is 15.6. The van der Waals surface area contributed by atoms with Crippen LogP contribution < -0.4 is 33.2 Å². The Morgan fingerprint density at radius 2 is 1.32 bits per heavy atom. The molecule has 194 valence electrons. The standard InChI is InChI=1S/C20H36N6O8/c1-10(2)7-13(18(31)24-12(20(33)34)5-3-4-6-21)26-19(32)14(9-15(23)27)25-17(30)11(22)8-16(28)29/h10-14H,3-9,21-22H2,1-2H3,(H2,23,27)(H,24,31)(H,25,30)(H,26,32)(H,28,29)(H,33,34). The highest BCUT2D eigenvalue weighted by molar-refractivity contribution is 5.96. The number of aliphatic carboxylic acids is 2. The van der Waals surface area contributed by atoms with E-state index in [0.717, 1.165) is 0 Å². The normalized spacial score (nSPS) is 14.4. The maximum absolute atomic E-state index is 12.8. The van der Waals surface area contributed by atoms with Crippen LogP contribution in [0.25, 0.3) is 0 Å². The van der Waals surface area contributed by atoms with Gasteiger partial charge in [0.05, 0.1) is 18.9 Å². The van der Waals surface area contributed by atoms with Crippen molar-refractivity contribution in [3.63, 3.8) is 0 Å². The topological polar surface area (TPSA) is 257 Å². The number of nitrogens with two attached hydrogens (primary N) is 3. The highest BCUT2D eigenvalue weighted by atomic mass is 16.4. The summed E-state index contributed by atoms with van der Waals surface area (Å²) >= 11 is 0. The van der Waals surface area contributed by atoms with E-state index in [1.165, 1.54) is 0 Å². The molecule has 11 N–H and O–H groups in total. The lowest BCUT2D eigenvalue weighted by atomic mass is 10.0. The molecule has 0 aromatic carbocycles. The summed E-state index contributed by atoms with van der Waals surface area (Å²) in [7, 11) is 0. The molecule has 14 heteroatoms. The van der Waals surface area contributed by atoms with Gasteiger partial charge in [-0.25, -0.2) is 4.79 Å². The minimum Gasteiger partial charge on any atom is -0.481 e. The fourth-order valence-corrected chi connectivity index (χ4v) is 2.97. The van der Waals surface area contributed by atoms with Gasteiger partial charge in [-0.3, -0.25) is 24.0 Å². The lowest BCUT2D eigenvalue weighted by molar-refractivity contribution is -0.142. The second-order valence-electron chi connectivity index (χ2n) is 8.31. The number of nitrogens with one attached hydrogen (secondary N) is 3. The molecule has 4 unspecified atom stereocenters. The molecule has 0 saturated carbocycles. The monoisotopic (exact) mass is 488 g/mol. The van der Waals surface area contributed by atoms with Crippen molar-refractivity contribution in [3.8, 4) is 0 Å². The summed E-state index contributed by atoms with van der Waals surface area (Å²) in [5.74, 6) is -6.32. The van der Waals surface area contributed by atoms with Gasteiger partial charge in [0.2, 0.25) is 23.6 Å². The SMILES string of the molecule is CC(C)CC(NC(=O)C(CC(N)=O)NC(=O)C(N)CC(=O)O)C(=O)NC(CCCCN)C(=O)O. The summed E-state index contributed by atoms with van der Waals surface area (Å²) in [5, 5.41) is 25.1. The number of primary amides is 1. The van der Waals surface area contributed by atoms with Crippen LogP contribution in [0.5, 0.6) is 0 Å². The second-order valence-corrected chi connectivity index (χ2v) is 8.31. The number of rotatable bonds is 17. The summed E-state index contributed by atoms with van der Waals surface area (Å²) in [5.41, 5.74) is 16.0. The van der Waals surface area contributed by atoms with E-state index >= 15 is 0 Å². The van der Waals surface area contributed by atoms with Crippen molar-refractivity contribution in [1.29, 1.82) is 0 Å². The summed E-state index contributed by atoms with van der Waals surface area (Å²) in [6.45, 7) is 3.92. The predicted octanol–water partition coefficient (Wildman–Crippen LogP) is -2.62. The van der Waals surface area contributed by atoms with Gasteiger partial charge < -0.3 is 43.4 Å². The third-order valence-electron chi connectivity index (χ3n) is 4.67. The largest absolute Gasteiger partial charge is 0.481 e. The van der Waals surface area contributed by atoms with Gasteiger partial charge in [-0.05, 0) is 38.1 Å². The van der Waals surface area contributed by atoms with Crippen LogP contribution in [0.15, 0.2) is 0 Å². The Morgan fingerprint density at radius 3 is 1.79 bits per heavy atom. The first-order chi connectivity index (χ1) is 15.8. The number of carboxylic acid groups (broad SMARTS) is 2. The molecule has 0 fully saturated rings. The predicted molar refractivity (Wildman–Crippen MR) is 120 cm³/mol. The number of amides is 4. The molecule has 0 aromatic heterocycles. The summed E-state index contributed by atoms with van der Waals surface area (Å²) in [4.78, 5) is 71.3. The number of carboxylic acids is 2. The Kier molecular flexibility index (Phi) is 14.1. The van der Waals surface area contributed by atoms with E-state index in [4.69, 9.17) is 22.3 Å². The van der Waals surface area contributed by atoms with E-state index in [2.05, 4.69) is 16.0 Å². The van der Waals surface area contributed by atoms with Crippen molar-refractivity contribution in [3.05, 3.63) is 0 Å². The number of carbonyl (C=O) groups excluding carboxylic acids is 4. The van der Waals surface area contributed by atoms with Crippen LogP contribution in [0.2, 0.25) is 0 Å². The summed E-state index contributed by atoms with van der Waals surface area (Å²) in [6.07, 6.45) is -0.0341. The van der Waals surface area contributed by atoms with Gasteiger partial charge in [-0.15, -0.1) is 0 Å². The van der Waals surface area contributed by atoms with Gasteiger partial charge in [-0.1, -0.05) is 13.8 Å². The zero-order valence-corrected chi connectivity index (χ0v) is 19.4. The summed E-state index contributed by atoms with van der Waals surface area (Å²) < 4.78 is 0. The minimum absolute atomic E-state index is 0.0928. The van der Waals surface area contributed by atoms with E-state index in [1.54, 1.807) is 13.8 Å². The third-order valence-corrected chi connectivity index (χ3v) is 4.67. The Bertz CT molecular complexity index is 745. The first-order valence-electron chi connectivity index (χ1n) is 10.9. The quantitative estimate of drug-likeness (QED) is 0.0988. The lowest BCUT2D eigenvalue weighted by Crippen LogP contribution is -2.58. The molecule has 4 atom stereocenters. The third kappa shape index (κ3) is 12.7. The molecule has 0 aliphatic heterocycles. The molecule has 0 heterocycles. The van der Waals surface area contributed by atoms with Crippen molar-refractivity contribution < 1.29 is 39.0 Å². The van der Waals surface area contributed by atoms with E-state index in [9.17, 15) is 33.9 Å². The zero-order valence-electron chi connectivity index (χ0n) is 19.4. The molecular formula is C20H36N6O8. The van der Waals surface area contributed by atoms with Gasteiger partial charge >= 0.3 is 11.9 Å². The fraction of sp³-hybridized carbons (Fsp3) is 0.700. The first-order valence-corrected chi connectivity index (χ1v) is 10.9. The van der Waals surface area contributed by atoms with Crippen LogP contribution in [-0.2, 0) is 28.8 Å². The van der Waals surface area contributed by atoms with Crippen molar-refractivity contribution in [2.24, 2.45) is 23.1 Å². The minimum atomic E-state index is -1.52. The molecule has 0 aromatic rings. The Hall–Kier alpha value is -3.26. The Balaban J connectivity index is 5.48. The van der Waals surface area contributed by atoms with Gasteiger partial charge in [0.25, 0.3) is 0 Å². The van der Waals surface area contributed by atoms with E-state index in [-0.39, 0.29) is 18.8 Å². The van der Waals surface area contributed by atoms with Gasteiger partial charge in [0.1, 0.15) is 18.1 Å². The van der Waals surface area contributed by atoms with Gasteiger partial charge in [-0.2, -0.15) is 0 Å². The highest BCUT2D eigenvalue weighted by Crippen LogP contribution is 2.08. The van der Waals surface area contributed by atoms with Crippen LogP contribution in [0, 0.1) is 5.92 Å². The van der Waals surface area contributed by atoms with Crippen molar-refractivity contribution in [2.45, 2.75) is 76.5 Å². The van der Waals surface area contributed by atoms with Gasteiger partial charge in [0.15, 0.2) is 0 Å². The van der Waals surface area contributed by atoms with Crippen molar-refractivity contribution in [1.82, 2.24) is 16.0 Å². The van der Waals surface area contributed by atoms with Crippen LogP contribution in [0.4, 0.5) is 0 Å². The Labute approximate surface area is 197 Å². The summed E-state index contributed by atoms with van der Waals surface area (Å²) in [6, 6.07) is -5.38. The molecule has 0 aliphatic rings. The lowest BCUT2D eigenvalue weighted by Gasteiger charge is -2.25. The number of unbranched alkanes of at least 4 members (excludes halogenated alkanes) is 1. The van der Waals surface area contributed by atoms with Crippen LogP contribution in [0.3, 0.4) is 0 Å². The molecule has 0 aliphatic carbocycles. The van der Waals surface area contributed by atoms with Crippen LogP contribution in [0.1, 0.15) is 52.4 Å². The van der Waals surface area contributed by atoms with E-state index in [0.29, 0.717) is 19.4 Å². The molecular weight excluding hydrogens is 452 g/mol. The van der Waals surface area contributed by atoms with Crippen molar-refractivity contribution in [2.75, 3.05) is 6.54 Å². The number of hydrogen-bond acceptors (Lipinski definition) is 8. The first kappa shape index (κ1) is 30.7. The van der Waals surface area contributed by atoms with Crippen molar-refractivity contribution >= 4 is 35.6 Å². The smallest absolute Gasteiger partial charge is 0.326 e. The van der Waals surface area contributed by atoms with Crippen LogP contribution >= 0.6 is 0 Å². The molecule has 0 rings (SSSR count). The maximum Gasteiger partial charge on any atom is 0.326 e.